The Kier molecular flexibility index (Phi) is 4.74. The Morgan fingerprint density at radius 1 is 1.35 bits per heavy atom. The van der Waals surface area contributed by atoms with Crippen molar-refractivity contribution in [1.29, 1.82) is 0 Å². The fourth-order valence-electron chi connectivity index (χ4n) is 1.72. The molecule has 0 aliphatic heterocycles. The van der Waals surface area contributed by atoms with E-state index in [4.69, 9.17) is 4.74 Å². The predicted octanol–water partition coefficient (Wildman–Crippen LogP) is 3.34. The molecule has 0 fully saturated rings. The largest absolute Gasteiger partial charge is 0.497 e. The van der Waals surface area contributed by atoms with Crippen LogP contribution in [0.2, 0.25) is 0 Å². The molecule has 0 saturated heterocycles. The number of carbonyl (C=O) groups excluding carboxylic acids is 1. The summed E-state index contributed by atoms with van der Waals surface area (Å²) in [5.41, 5.74) is 1.96. The minimum atomic E-state index is -0.0932. The van der Waals surface area contributed by atoms with Gasteiger partial charge in [-0.25, -0.2) is 4.98 Å². The summed E-state index contributed by atoms with van der Waals surface area (Å²) < 4.78 is 6.00. The van der Waals surface area contributed by atoms with Gasteiger partial charge in [0.2, 0.25) is 5.91 Å². The third kappa shape index (κ3) is 3.81. The van der Waals surface area contributed by atoms with E-state index in [1.165, 1.54) is 0 Å². The lowest BCUT2D eigenvalue weighted by atomic mass is 10.1. The first-order chi connectivity index (χ1) is 9.58. The van der Waals surface area contributed by atoms with Crippen LogP contribution in [0.3, 0.4) is 0 Å². The molecule has 0 unspecified atom stereocenters. The zero-order chi connectivity index (χ0) is 14.5. The van der Waals surface area contributed by atoms with E-state index in [1.807, 2.05) is 37.3 Å². The predicted molar refractivity (Wildman–Crippen MR) is 82.0 cm³/mol. The molecule has 1 aromatic heterocycles. The van der Waals surface area contributed by atoms with Gasteiger partial charge in [-0.05, 0) is 52.2 Å². The Balaban J connectivity index is 1.99. The summed E-state index contributed by atoms with van der Waals surface area (Å²) in [5.74, 6) is 1.24. The smallest absolute Gasteiger partial charge is 0.229 e. The highest BCUT2D eigenvalue weighted by Crippen LogP contribution is 2.17. The van der Waals surface area contributed by atoms with Crippen LogP contribution in [0.5, 0.6) is 5.75 Å². The highest BCUT2D eigenvalue weighted by atomic mass is 79.9. The van der Waals surface area contributed by atoms with Gasteiger partial charge in [0.1, 0.15) is 11.6 Å². The molecule has 0 spiro atoms. The molecule has 20 heavy (non-hydrogen) atoms. The van der Waals surface area contributed by atoms with E-state index in [1.54, 1.807) is 13.3 Å². The summed E-state index contributed by atoms with van der Waals surface area (Å²) in [5, 5.41) is 2.78. The summed E-state index contributed by atoms with van der Waals surface area (Å²) in [7, 11) is 1.61. The minimum Gasteiger partial charge on any atom is -0.497 e. The number of methoxy groups -OCH3 is 1. The van der Waals surface area contributed by atoms with Crippen LogP contribution >= 0.6 is 15.9 Å². The van der Waals surface area contributed by atoms with Crippen molar-refractivity contribution in [3.63, 3.8) is 0 Å². The van der Waals surface area contributed by atoms with Crippen molar-refractivity contribution in [2.75, 3.05) is 12.4 Å². The Morgan fingerprint density at radius 2 is 2.05 bits per heavy atom. The Bertz CT molecular complexity index is 612. The van der Waals surface area contributed by atoms with Crippen LogP contribution < -0.4 is 10.1 Å². The van der Waals surface area contributed by atoms with Crippen LogP contribution in [-0.2, 0) is 11.2 Å². The van der Waals surface area contributed by atoms with Crippen LogP contribution in [0.25, 0.3) is 0 Å². The van der Waals surface area contributed by atoms with Crippen LogP contribution in [0.4, 0.5) is 5.82 Å². The van der Waals surface area contributed by atoms with Gasteiger partial charge < -0.3 is 10.1 Å². The zero-order valence-corrected chi connectivity index (χ0v) is 12.9. The summed E-state index contributed by atoms with van der Waals surface area (Å²) in [6.45, 7) is 1.95. The second-order valence-electron chi connectivity index (χ2n) is 4.39. The van der Waals surface area contributed by atoms with Crippen molar-refractivity contribution in [2.24, 2.45) is 0 Å². The molecule has 1 aromatic carbocycles. The fourth-order valence-corrected chi connectivity index (χ4v) is 1.94. The lowest BCUT2D eigenvalue weighted by Crippen LogP contribution is -2.15. The number of pyridine rings is 1. The van der Waals surface area contributed by atoms with Crippen molar-refractivity contribution < 1.29 is 9.53 Å². The van der Waals surface area contributed by atoms with E-state index in [2.05, 4.69) is 26.2 Å². The first-order valence-corrected chi connectivity index (χ1v) is 6.92. The molecule has 1 heterocycles. The zero-order valence-electron chi connectivity index (χ0n) is 11.3. The number of rotatable bonds is 4. The highest BCUT2D eigenvalue weighted by Gasteiger charge is 2.06. The molecule has 0 aliphatic carbocycles. The molecular formula is C15H15BrN2O2. The van der Waals surface area contributed by atoms with Gasteiger partial charge in [0.05, 0.1) is 13.5 Å². The minimum absolute atomic E-state index is 0.0932. The Labute approximate surface area is 126 Å². The van der Waals surface area contributed by atoms with Gasteiger partial charge in [-0.2, -0.15) is 0 Å². The highest BCUT2D eigenvalue weighted by molar-refractivity contribution is 9.10. The van der Waals surface area contributed by atoms with Crippen LogP contribution in [-0.4, -0.2) is 18.0 Å². The number of ether oxygens (including phenoxy) is 1. The third-order valence-electron chi connectivity index (χ3n) is 2.84. The maximum atomic E-state index is 11.9. The van der Waals surface area contributed by atoms with E-state index in [9.17, 15) is 4.79 Å². The van der Waals surface area contributed by atoms with Gasteiger partial charge in [-0.3, -0.25) is 4.79 Å². The fraction of sp³-hybridized carbons (Fsp3) is 0.200. The van der Waals surface area contributed by atoms with Crippen molar-refractivity contribution in [3.05, 3.63) is 52.1 Å². The van der Waals surface area contributed by atoms with E-state index < -0.39 is 0 Å². The molecule has 1 N–H and O–H groups in total. The van der Waals surface area contributed by atoms with E-state index in [-0.39, 0.29) is 5.91 Å². The van der Waals surface area contributed by atoms with Gasteiger partial charge in [0.15, 0.2) is 0 Å². The number of nitrogens with zero attached hydrogens (tertiary/aromatic N) is 1. The molecule has 104 valence electrons. The van der Waals surface area contributed by atoms with E-state index in [0.717, 1.165) is 21.3 Å². The Morgan fingerprint density at radius 3 is 2.65 bits per heavy atom. The molecule has 0 saturated carbocycles. The number of nitrogens with one attached hydrogen (secondary N) is 1. The van der Waals surface area contributed by atoms with Gasteiger partial charge in [-0.1, -0.05) is 12.1 Å². The van der Waals surface area contributed by atoms with Crippen molar-refractivity contribution in [1.82, 2.24) is 4.98 Å². The quantitative estimate of drug-likeness (QED) is 0.932. The van der Waals surface area contributed by atoms with Crippen molar-refractivity contribution in [2.45, 2.75) is 13.3 Å². The van der Waals surface area contributed by atoms with Crippen LogP contribution in [0.15, 0.2) is 41.0 Å². The topological polar surface area (TPSA) is 51.2 Å². The van der Waals surface area contributed by atoms with E-state index >= 15 is 0 Å². The SMILES string of the molecule is COc1ccc(CC(=O)Nc2cc(C)c(Br)cn2)cc1. The van der Waals surface area contributed by atoms with E-state index in [0.29, 0.717) is 12.2 Å². The number of hydrogen-bond acceptors (Lipinski definition) is 3. The van der Waals surface area contributed by atoms with Crippen LogP contribution in [0.1, 0.15) is 11.1 Å². The van der Waals surface area contributed by atoms with Crippen LogP contribution in [0, 0.1) is 6.92 Å². The molecule has 0 aliphatic rings. The maximum absolute atomic E-state index is 11.9. The number of hydrogen-bond donors (Lipinski definition) is 1. The molecule has 2 rings (SSSR count). The number of carbonyl (C=O) groups is 1. The van der Waals surface area contributed by atoms with Gasteiger partial charge in [0, 0.05) is 10.7 Å². The first-order valence-electron chi connectivity index (χ1n) is 6.13. The lowest BCUT2D eigenvalue weighted by molar-refractivity contribution is -0.115. The number of benzene rings is 1. The summed E-state index contributed by atoms with van der Waals surface area (Å²) in [6.07, 6.45) is 1.99. The second-order valence-corrected chi connectivity index (χ2v) is 5.25. The van der Waals surface area contributed by atoms with Crippen molar-refractivity contribution >= 4 is 27.7 Å². The molecule has 1 amide bonds. The molecule has 0 radical (unpaired) electrons. The van der Waals surface area contributed by atoms with Crippen molar-refractivity contribution in [3.8, 4) is 5.75 Å². The number of amides is 1. The number of halogens is 1. The Hall–Kier alpha value is -1.88. The lowest BCUT2D eigenvalue weighted by Gasteiger charge is -2.07. The van der Waals surface area contributed by atoms with Gasteiger partial charge >= 0.3 is 0 Å². The standard InChI is InChI=1S/C15H15BrN2O2/c1-10-7-14(17-9-13(10)16)18-15(19)8-11-3-5-12(20-2)6-4-11/h3-7,9H,8H2,1-2H3,(H,17,18,19). The number of aryl methyl sites for hydroxylation is 1. The molecule has 4 nitrogen and oxygen atoms in total. The average Bonchev–Trinajstić information content (AvgIpc) is 2.44. The summed E-state index contributed by atoms with van der Waals surface area (Å²) >= 11 is 3.38. The molecule has 0 atom stereocenters. The van der Waals surface area contributed by atoms with Gasteiger partial charge in [-0.15, -0.1) is 0 Å². The third-order valence-corrected chi connectivity index (χ3v) is 3.67. The summed E-state index contributed by atoms with van der Waals surface area (Å²) in [4.78, 5) is 16.1. The monoisotopic (exact) mass is 334 g/mol. The van der Waals surface area contributed by atoms with Gasteiger partial charge in [0.25, 0.3) is 0 Å². The number of aromatic nitrogens is 1. The maximum Gasteiger partial charge on any atom is 0.229 e. The molecule has 5 heteroatoms. The average molecular weight is 335 g/mol. The number of anilines is 1. The second kappa shape index (κ2) is 6.52. The first kappa shape index (κ1) is 14.5. The normalized spacial score (nSPS) is 10.2. The molecule has 0 bridgehead atoms. The summed E-state index contributed by atoms with van der Waals surface area (Å²) in [6, 6.07) is 9.25. The molecular weight excluding hydrogens is 320 g/mol. The molecule has 2 aromatic rings.